The number of aromatic amines is 1. The van der Waals surface area contributed by atoms with Crippen LogP contribution in [0.15, 0.2) is 36.4 Å². The Morgan fingerprint density at radius 1 is 0.652 bits per heavy atom. The lowest BCUT2D eigenvalue weighted by atomic mass is 10.0. The molecule has 0 aliphatic heterocycles. The maximum atomic E-state index is 3.57. The van der Waals surface area contributed by atoms with Crippen molar-refractivity contribution < 1.29 is 0 Å². The molecule has 0 saturated heterocycles. The van der Waals surface area contributed by atoms with Gasteiger partial charge in [0, 0.05) is 21.8 Å². The second kappa shape index (κ2) is 7.68. The molecule has 0 aliphatic rings. The summed E-state index contributed by atoms with van der Waals surface area (Å²) in [6.45, 7) is 4.53. The van der Waals surface area contributed by atoms with E-state index in [1.807, 2.05) is 0 Å². The van der Waals surface area contributed by atoms with Crippen LogP contribution < -0.4 is 0 Å². The molecule has 1 heteroatoms. The quantitative estimate of drug-likeness (QED) is 0.441. The van der Waals surface area contributed by atoms with Crippen LogP contribution in [0.4, 0.5) is 0 Å². The van der Waals surface area contributed by atoms with Crippen LogP contribution in [0.3, 0.4) is 0 Å². The third-order valence-corrected chi connectivity index (χ3v) is 4.87. The molecule has 0 unspecified atom stereocenters. The van der Waals surface area contributed by atoms with E-state index in [9.17, 15) is 0 Å². The number of rotatable bonds is 8. The van der Waals surface area contributed by atoms with Crippen LogP contribution in [-0.2, 0) is 12.8 Å². The fourth-order valence-corrected chi connectivity index (χ4v) is 3.46. The summed E-state index contributed by atoms with van der Waals surface area (Å²) in [6, 6.07) is 13.9. The van der Waals surface area contributed by atoms with Crippen molar-refractivity contribution in [3.63, 3.8) is 0 Å². The number of unbranched alkanes of at least 4 members (excludes halogenated alkanes) is 4. The number of hydrogen-bond acceptors (Lipinski definition) is 0. The predicted molar refractivity (Wildman–Crippen MR) is 102 cm³/mol. The molecule has 3 rings (SSSR count). The molecule has 0 aliphatic carbocycles. The third kappa shape index (κ3) is 3.77. The van der Waals surface area contributed by atoms with Crippen LogP contribution in [0.1, 0.15) is 63.5 Å². The van der Waals surface area contributed by atoms with Gasteiger partial charge in [-0.1, -0.05) is 51.7 Å². The Kier molecular flexibility index (Phi) is 5.38. The Labute approximate surface area is 140 Å². The molecule has 0 saturated carbocycles. The zero-order valence-corrected chi connectivity index (χ0v) is 14.6. The number of nitrogens with one attached hydrogen (secondary N) is 1. The van der Waals surface area contributed by atoms with Crippen LogP contribution >= 0.6 is 0 Å². The third-order valence-electron chi connectivity index (χ3n) is 4.87. The van der Waals surface area contributed by atoms with E-state index in [4.69, 9.17) is 0 Å². The molecule has 0 radical (unpaired) electrons. The van der Waals surface area contributed by atoms with Crippen molar-refractivity contribution in [1.29, 1.82) is 0 Å². The highest BCUT2D eigenvalue weighted by atomic mass is 14.7. The molecule has 1 N–H and O–H groups in total. The van der Waals surface area contributed by atoms with E-state index >= 15 is 0 Å². The summed E-state index contributed by atoms with van der Waals surface area (Å²) >= 11 is 0. The average Bonchev–Trinajstić information content (AvgIpc) is 2.93. The largest absolute Gasteiger partial charge is 0.355 e. The molecule has 0 fully saturated rings. The van der Waals surface area contributed by atoms with Gasteiger partial charge in [-0.25, -0.2) is 0 Å². The molecule has 0 amide bonds. The van der Waals surface area contributed by atoms with Gasteiger partial charge in [-0.3, -0.25) is 0 Å². The second-order valence-electron chi connectivity index (χ2n) is 6.80. The zero-order valence-electron chi connectivity index (χ0n) is 14.6. The van der Waals surface area contributed by atoms with Gasteiger partial charge >= 0.3 is 0 Å². The predicted octanol–water partition coefficient (Wildman–Crippen LogP) is 6.79. The highest BCUT2D eigenvalue weighted by Gasteiger charge is 2.06. The van der Waals surface area contributed by atoms with Gasteiger partial charge in [0.15, 0.2) is 0 Å². The number of H-pyrrole nitrogens is 1. The minimum atomic E-state index is 1.20. The van der Waals surface area contributed by atoms with Gasteiger partial charge in [0.2, 0.25) is 0 Å². The van der Waals surface area contributed by atoms with Crippen LogP contribution in [0, 0.1) is 0 Å². The number of hydrogen-bond donors (Lipinski definition) is 1. The fourth-order valence-electron chi connectivity index (χ4n) is 3.46. The Morgan fingerprint density at radius 2 is 1.13 bits per heavy atom. The number of aromatic nitrogens is 1. The van der Waals surface area contributed by atoms with Gasteiger partial charge in [0.25, 0.3) is 0 Å². The highest BCUT2D eigenvalue weighted by Crippen LogP contribution is 2.28. The molecule has 122 valence electrons. The first-order valence-electron chi connectivity index (χ1n) is 9.35. The van der Waals surface area contributed by atoms with Crippen LogP contribution in [0.5, 0.6) is 0 Å². The van der Waals surface area contributed by atoms with Gasteiger partial charge in [-0.15, -0.1) is 0 Å². The Hall–Kier alpha value is -1.76. The van der Waals surface area contributed by atoms with E-state index in [0.29, 0.717) is 0 Å². The molecule has 0 bridgehead atoms. The number of aryl methyl sites for hydroxylation is 2. The van der Waals surface area contributed by atoms with Gasteiger partial charge in [-0.05, 0) is 61.1 Å². The smallest absolute Gasteiger partial charge is 0.0465 e. The molecule has 1 heterocycles. The van der Waals surface area contributed by atoms with E-state index < -0.39 is 0 Å². The average molecular weight is 307 g/mol. The van der Waals surface area contributed by atoms with E-state index in [1.165, 1.54) is 84.3 Å². The van der Waals surface area contributed by atoms with Crippen LogP contribution in [0.25, 0.3) is 21.8 Å². The SMILES string of the molecule is CCCCCc1ccc2[nH]c3ccc(CCCCC)cc3c2c1. The summed E-state index contributed by atoms with van der Waals surface area (Å²) in [6.07, 6.45) is 10.2. The number of fused-ring (bicyclic) bond motifs is 3. The maximum Gasteiger partial charge on any atom is 0.0465 e. The standard InChI is InChI=1S/C22H29N/c1-3-5-7-9-17-11-13-21-19(15-17)20-16-18(10-8-6-4-2)12-14-22(20)23-21/h11-16,23H,3-10H2,1-2H3. The minimum Gasteiger partial charge on any atom is -0.355 e. The summed E-state index contributed by atoms with van der Waals surface area (Å²) in [5, 5.41) is 2.79. The van der Waals surface area contributed by atoms with Gasteiger partial charge < -0.3 is 4.98 Å². The fraction of sp³-hybridized carbons (Fsp3) is 0.455. The normalized spacial score (nSPS) is 11.6. The molecule has 3 aromatic rings. The van der Waals surface area contributed by atoms with E-state index in [2.05, 4.69) is 55.2 Å². The highest BCUT2D eigenvalue weighted by molar-refractivity contribution is 6.07. The minimum absolute atomic E-state index is 1.20. The van der Waals surface area contributed by atoms with Crippen LogP contribution in [0.2, 0.25) is 0 Å². The Balaban J connectivity index is 1.89. The van der Waals surface area contributed by atoms with E-state index in [0.717, 1.165) is 0 Å². The molecule has 1 nitrogen and oxygen atoms in total. The molecule has 0 spiro atoms. The van der Waals surface area contributed by atoms with Crippen molar-refractivity contribution in [3.8, 4) is 0 Å². The Bertz CT molecular complexity index is 702. The molecular weight excluding hydrogens is 278 g/mol. The molecular formula is C22H29N. The van der Waals surface area contributed by atoms with E-state index in [-0.39, 0.29) is 0 Å². The summed E-state index contributed by atoms with van der Waals surface area (Å²) in [5.41, 5.74) is 5.49. The second-order valence-corrected chi connectivity index (χ2v) is 6.80. The molecule has 2 aromatic carbocycles. The summed E-state index contributed by atoms with van der Waals surface area (Å²) in [7, 11) is 0. The molecule has 23 heavy (non-hydrogen) atoms. The lowest BCUT2D eigenvalue weighted by Crippen LogP contribution is -1.86. The van der Waals surface area contributed by atoms with Crippen molar-refractivity contribution in [3.05, 3.63) is 47.5 Å². The summed E-state index contributed by atoms with van der Waals surface area (Å²) in [5.74, 6) is 0. The Morgan fingerprint density at radius 3 is 1.57 bits per heavy atom. The van der Waals surface area contributed by atoms with Crippen molar-refractivity contribution in [2.75, 3.05) is 0 Å². The number of benzene rings is 2. The van der Waals surface area contributed by atoms with Crippen molar-refractivity contribution in [2.24, 2.45) is 0 Å². The first-order chi connectivity index (χ1) is 11.3. The summed E-state index contributed by atoms with van der Waals surface area (Å²) < 4.78 is 0. The zero-order chi connectivity index (χ0) is 16.1. The molecule has 0 atom stereocenters. The molecule has 1 aromatic heterocycles. The topological polar surface area (TPSA) is 15.8 Å². The monoisotopic (exact) mass is 307 g/mol. The van der Waals surface area contributed by atoms with Gasteiger partial charge in [0.05, 0.1) is 0 Å². The van der Waals surface area contributed by atoms with Crippen molar-refractivity contribution >= 4 is 21.8 Å². The van der Waals surface area contributed by atoms with E-state index in [1.54, 1.807) is 0 Å². The lowest BCUT2D eigenvalue weighted by Gasteiger charge is -2.03. The maximum absolute atomic E-state index is 3.57. The van der Waals surface area contributed by atoms with Crippen molar-refractivity contribution in [2.45, 2.75) is 65.2 Å². The van der Waals surface area contributed by atoms with Crippen molar-refractivity contribution in [1.82, 2.24) is 4.98 Å². The van der Waals surface area contributed by atoms with Gasteiger partial charge in [-0.2, -0.15) is 0 Å². The first kappa shape index (κ1) is 16.1. The summed E-state index contributed by atoms with van der Waals surface area (Å²) in [4.78, 5) is 3.57. The van der Waals surface area contributed by atoms with Gasteiger partial charge in [0.1, 0.15) is 0 Å². The van der Waals surface area contributed by atoms with Crippen LogP contribution in [-0.4, -0.2) is 4.98 Å². The lowest BCUT2D eigenvalue weighted by molar-refractivity contribution is 0.717. The first-order valence-corrected chi connectivity index (χ1v) is 9.35.